The molecule has 0 radical (unpaired) electrons. The van der Waals surface area contributed by atoms with E-state index in [1.165, 1.54) is 7.11 Å². The van der Waals surface area contributed by atoms with Gasteiger partial charge in [0.05, 0.1) is 22.8 Å². The number of methoxy groups -OCH3 is 1. The van der Waals surface area contributed by atoms with Gasteiger partial charge >= 0.3 is 5.97 Å². The van der Waals surface area contributed by atoms with Crippen LogP contribution in [-0.4, -0.2) is 26.7 Å². The smallest absolute Gasteiger partial charge is 0.305 e. The Kier molecular flexibility index (Phi) is 5.77. The molecule has 6 heteroatoms. The summed E-state index contributed by atoms with van der Waals surface area (Å²) in [5.74, 6) is -0.755. The second-order valence-corrected chi connectivity index (χ2v) is 4.77. The van der Waals surface area contributed by atoms with Gasteiger partial charge in [-0.1, -0.05) is 0 Å². The highest BCUT2D eigenvalue weighted by Crippen LogP contribution is 2.28. The Morgan fingerprint density at radius 2 is 2.26 bits per heavy atom. The van der Waals surface area contributed by atoms with Crippen molar-refractivity contribution in [3.05, 3.63) is 28.0 Å². The summed E-state index contributed by atoms with van der Waals surface area (Å²) in [5, 5.41) is 8.79. The van der Waals surface area contributed by atoms with Gasteiger partial charge in [0.15, 0.2) is 5.82 Å². The van der Waals surface area contributed by atoms with E-state index < -0.39 is 5.82 Å². The van der Waals surface area contributed by atoms with Gasteiger partial charge in [0.2, 0.25) is 0 Å². The van der Waals surface area contributed by atoms with Crippen molar-refractivity contribution in [3.63, 3.8) is 0 Å². The Balaban J connectivity index is 2.73. The summed E-state index contributed by atoms with van der Waals surface area (Å²) in [6, 6.07) is 5.01. The van der Waals surface area contributed by atoms with Crippen molar-refractivity contribution in [3.8, 4) is 6.07 Å². The molecule has 1 aromatic rings. The zero-order chi connectivity index (χ0) is 14.4. The highest BCUT2D eigenvalue weighted by Gasteiger charge is 2.14. The third kappa shape index (κ3) is 3.93. The van der Waals surface area contributed by atoms with Crippen LogP contribution in [0.5, 0.6) is 0 Å². The Morgan fingerprint density at radius 3 is 2.84 bits per heavy atom. The lowest BCUT2D eigenvalue weighted by molar-refractivity contribution is -0.140. The summed E-state index contributed by atoms with van der Waals surface area (Å²) in [7, 11) is 3.07. The van der Waals surface area contributed by atoms with Gasteiger partial charge in [-0.3, -0.25) is 4.79 Å². The molecule has 0 heterocycles. The number of anilines is 1. The number of nitrogens with zero attached hydrogens (tertiary/aromatic N) is 2. The lowest BCUT2D eigenvalue weighted by atomic mass is 10.2. The van der Waals surface area contributed by atoms with Crippen LogP contribution < -0.4 is 4.90 Å². The Bertz CT molecular complexity index is 514. The van der Waals surface area contributed by atoms with Crippen LogP contribution in [0.4, 0.5) is 10.1 Å². The number of rotatable bonds is 5. The number of carbonyl (C=O) groups excluding carboxylic acids is 1. The maximum absolute atomic E-state index is 14.0. The van der Waals surface area contributed by atoms with Gasteiger partial charge < -0.3 is 9.64 Å². The van der Waals surface area contributed by atoms with Crippen molar-refractivity contribution in [2.24, 2.45) is 0 Å². The maximum atomic E-state index is 14.0. The van der Waals surface area contributed by atoms with Crippen molar-refractivity contribution in [2.75, 3.05) is 25.6 Å². The SMILES string of the molecule is COC(=O)CCCN(C)c1ccc(C#N)c(Br)c1F. The van der Waals surface area contributed by atoms with E-state index in [2.05, 4.69) is 20.7 Å². The minimum Gasteiger partial charge on any atom is -0.469 e. The number of hydrogen-bond acceptors (Lipinski definition) is 4. The topological polar surface area (TPSA) is 53.3 Å². The predicted molar refractivity (Wildman–Crippen MR) is 73.3 cm³/mol. The predicted octanol–water partition coefficient (Wildman–Crippen LogP) is 2.85. The number of ether oxygens (including phenoxy) is 1. The number of nitriles is 1. The van der Waals surface area contributed by atoms with E-state index in [4.69, 9.17) is 5.26 Å². The van der Waals surface area contributed by atoms with Crippen LogP contribution in [0.25, 0.3) is 0 Å². The van der Waals surface area contributed by atoms with Crippen LogP contribution in [0.3, 0.4) is 0 Å². The van der Waals surface area contributed by atoms with Crippen LogP contribution in [0.15, 0.2) is 16.6 Å². The van der Waals surface area contributed by atoms with Crippen LogP contribution in [0.1, 0.15) is 18.4 Å². The number of halogens is 2. The molecule has 0 bridgehead atoms. The lowest BCUT2D eigenvalue weighted by Crippen LogP contribution is -2.21. The molecule has 0 atom stereocenters. The van der Waals surface area contributed by atoms with Gasteiger partial charge in [-0.2, -0.15) is 5.26 Å². The molecule has 0 N–H and O–H groups in total. The van der Waals surface area contributed by atoms with Crippen molar-refractivity contribution in [1.82, 2.24) is 0 Å². The summed E-state index contributed by atoms with van der Waals surface area (Å²) in [4.78, 5) is 12.7. The molecular weight excluding hydrogens is 315 g/mol. The van der Waals surface area contributed by atoms with Crippen molar-refractivity contribution in [2.45, 2.75) is 12.8 Å². The van der Waals surface area contributed by atoms with E-state index in [-0.39, 0.29) is 16.0 Å². The molecule has 1 aromatic carbocycles. The second-order valence-electron chi connectivity index (χ2n) is 3.97. The number of hydrogen-bond donors (Lipinski definition) is 0. The van der Waals surface area contributed by atoms with Crippen molar-refractivity contribution in [1.29, 1.82) is 5.26 Å². The largest absolute Gasteiger partial charge is 0.469 e. The fourth-order valence-electron chi connectivity index (χ4n) is 1.60. The molecule has 0 aliphatic rings. The Labute approximate surface area is 119 Å². The van der Waals surface area contributed by atoms with E-state index in [1.54, 1.807) is 24.1 Å². The van der Waals surface area contributed by atoms with E-state index in [0.717, 1.165) is 0 Å². The molecule has 0 aromatic heterocycles. The molecule has 0 spiro atoms. The molecule has 0 aliphatic heterocycles. The van der Waals surface area contributed by atoms with Gasteiger partial charge in [0.25, 0.3) is 0 Å². The van der Waals surface area contributed by atoms with Gasteiger partial charge in [0.1, 0.15) is 6.07 Å². The average Bonchev–Trinajstić information content (AvgIpc) is 2.41. The molecule has 0 amide bonds. The minimum atomic E-state index is -0.473. The maximum Gasteiger partial charge on any atom is 0.305 e. The summed E-state index contributed by atoms with van der Waals surface area (Å²) in [6.07, 6.45) is 0.861. The van der Waals surface area contributed by atoms with Gasteiger partial charge in [-0.15, -0.1) is 0 Å². The lowest BCUT2D eigenvalue weighted by Gasteiger charge is -2.20. The third-order valence-electron chi connectivity index (χ3n) is 2.70. The standard InChI is InChI=1S/C13H14BrFN2O2/c1-17(7-3-4-11(18)19-2)10-6-5-9(8-16)12(14)13(10)15/h5-6H,3-4,7H2,1-2H3. The van der Waals surface area contributed by atoms with Crippen LogP contribution in [0.2, 0.25) is 0 Å². The average molecular weight is 329 g/mol. The number of esters is 1. The molecule has 0 saturated heterocycles. The first-order valence-corrected chi connectivity index (χ1v) is 6.46. The first-order valence-electron chi connectivity index (χ1n) is 5.67. The molecule has 19 heavy (non-hydrogen) atoms. The first kappa shape index (κ1) is 15.4. The summed E-state index contributed by atoms with van der Waals surface area (Å²) < 4.78 is 18.7. The van der Waals surface area contributed by atoms with Crippen LogP contribution in [0, 0.1) is 17.1 Å². The fraction of sp³-hybridized carbons (Fsp3) is 0.385. The third-order valence-corrected chi connectivity index (χ3v) is 3.47. The molecule has 0 fully saturated rings. The molecule has 0 saturated carbocycles. The Morgan fingerprint density at radius 1 is 1.58 bits per heavy atom. The van der Waals surface area contributed by atoms with Crippen LogP contribution in [-0.2, 0) is 9.53 Å². The molecule has 1 rings (SSSR count). The zero-order valence-electron chi connectivity index (χ0n) is 10.7. The number of benzene rings is 1. The van der Waals surface area contributed by atoms with E-state index in [9.17, 15) is 9.18 Å². The van der Waals surface area contributed by atoms with Crippen molar-refractivity contribution < 1.29 is 13.9 Å². The molecule has 0 aliphatic carbocycles. The molecular formula is C13H14BrFN2O2. The molecule has 4 nitrogen and oxygen atoms in total. The monoisotopic (exact) mass is 328 g/mol. The summed E-state index contributed by atoms with van der Waals surface area (Å²) in [6.45, 7) is 0.518. The van der Waals surface area contributed by atoms with E-state index >= 15 is 0 Å². The minimum absolute atomic E-state index is 0.160. The normalized spacial score (nSPS) is 9.84. The van der Waals surface area contributed by atoms with E-state index in [1.807, 2.05) is 6.07 Å². The highest BCUT2D eigenvalue weighted by molar-refractivity contribution is 9.10. The zero-order valence-corrected chi connectivity index (χ0v) is 12.3. The van der Waals surface area contributed by atoms with Gasteiger partial charge in [-0.05, 0) is 34.5 Å². The fourth-order valence-corrected chi connectivity index (χ4v) is 2.03. The van der Waals surface area contributed by atoms with Crippen LogP contribution >= 0.6 is 15.9 Å². The van der Waals surface area contributed by atoms with E-state index in [0.29, 0.717) is 25.1 Å². The second kappa shape index (κ2) is 7.10. The van der Waals surface area contributed by atoms with Crippen molar-refractivity contribution >= 4 is 27.6 Å². The Hall–Kier alpha value is -1.61. The molecule has 102 valence electrons. The quantitative estimate of drug-likeness (QED) is 0.780. The van der Waals surface area contributed by atoms with Gasteiger partial charge in [-0.25, -0.2) is 4.39 Å². The first-order chi connectivity index (χ1) is 9.01. The van der Waals surface area contributed by atoms with Gasteiger partial charge in [0, 0.05) is 20.0 Å². The molecule has 0 unspecified atom stereocenters. The number of carbonyl (C=O) groups is 1. The summed E-state index contributed by atoms with van der Waals surface area (Å²) >= 11 is 3.06. The highest BCUT2D eigenvalue weighted by atomic mass is 79.9. The summed E-state index contributed by atoms with van der Waals surface area (Å²) in [5.41, 5.74) is 0.639.